The van der Waals surface area contributed by atoms with Crippen LogP contribution in [0.1, 0.15) is 24.3 Å². The quantitative estimate of drug-likeness (QED) is 0.512. The van der Waals surface area contributed by atoms with Crippen molar-refractivity contribution in [3.8, 4) is 0 Å². The molecule has 0 saturated carbocycles. The van der Waals surface area contributed by atoms with Crippen LogP contribution < -0.4 is 0 Å². The van der Waals surface area contributed by atoms with E-state index in [9.17, 15) is 4.79 Å². The molecule has 0 saturated heterocycles. The molecule has 0 unspecified atom stereocenters. The average molecular weight is 124 g/mol. The topological polar surface area (TPSA) is 17.1 Å². The van der Waals surface area contributed by atoms with Crippen molar-refractivity contribution in [2.24, 2.45) is 5.92 Å². The van der Waals surface area contributed by atoms with Crippen molar-refractivity contribution in [3.05, 3.63) is 0 Å². The van der Waals surface area contributed by atoms with E-state index in [1.54, 1.807) is 6.92 Å². The highest BCUT2D eigenvalue weighted by molar-refractivity contribution is 6.63. The second-order valence-electron chi connectivity index (χ2n) is 1.26. The second kappa shape index (κ2) is 3.03. The summed E-state index contributed by atoms with van der Waals surface area (Å²) in [6, 6.07) is 0. The van der Waals surface area contributed by atoms with E-state index in [2.05, 4.69) is 0 Å². The summed E-state index contributed by atoms with van der Waals surface area (Å²) in [7, 11) is 0. The maximum Gasteiger partial charge on any atom is 0.224 e. The van der Waals surface area contributed by atoms with E-state index in [-0.39, 0.29) is 6.42 Å². The molecule has 0 aliphatic heterocycles. The fourth-order valence-electron chi connectivity index (χ4n) is 0.160. The van der Waals surface area contributed by atoms with Crippen molar-refractivity contribution in [1.82, 2.24) is 0 Å². The first-order valence-corrected chi connectivity index (χ1v) is 2.46. The summed E-state index contributed by atoms with van der Waals surface area (Å²) >= 11 is 5.03. The van der Waals surface area contributed by atoms with Gasteiger partial charge in [0.2, 0.25) is 5.24 Å². The molecule has 0 radical (unpaired) electrons. The van der Waals surface area contributed by atoms with Gasteiger partial charge in [0.1, 0.15) is 0 Å². The molecule has 1 nitrogen and oxygen atoms in total. The number of rotatable bonds is 2. The molecule has 0 N–H and O–H groups in total. The van der Waals surface area contributed by atoms with E-state index in [4.69, 9.17) is 15.7 Å². The molecular weight excluding hydrogens is 112 g/mol. The number of carbonyl (C=O) groups is 1. The van der Waals surface area contributed by atoms with Gasteiger partial charge in [0, 0.05) is 10.0 Å². The highest BCUT2D eigenvalue weighted by Gasteiger charge is 2.04. The highest BCUT2D eigenvalue weighted by Crippen LogP contribution is 2.03. The Morgan fingerprint density at radius 3 is 2.71 bits per heavy atom. The predicted octanol–water partition coefficient (Wildman–Crippen LogP) is 1.80. The lowest BCUT2D eigenvalue weighted by molar-refractivity contribution is -0.114. The minimum atomic E-state index is -2.24. The molecule has 0 rings (SSSR count). The van der Waals surface area contributed by atoms with Crippen LogP contribution in [0, 0.1) is 5.92 Å². The molecule has 0 aliphatic rings. The molecule has 0 spiro atoms. The minimum absolute atomic E-state index is 0.263. The Bertz CT molecular complexity index is 131. The van der Waals surface area contributed by atoms with Gasteiger partial charge >= 0.3 is 0 Å². The van der Waals surface area contributed by atoms with Crippen molar-refractivity contribution in [3.63, 3.8) is 0 Å². The first-order valence-electron chi connectivity index (χ1n) is 3.59. The van der Waals surface area contributed by atoms with E-state index in [0.29, 0.717) is 0 Å². The normalized spacial score (nSPS) is 21.7. The monoisotopic (exact) mass is 123 g/mol. The van der Waals surface area contributed by atoms with Gasteiger partial charge in [-0.25, -0.2) is 0 Å². The number of hydrogen-bond donors (Lipinski definition) is 0. The molecule has 2 heteroatoms. The third kappa shape index (κ3) is 2.63. The van der Waals surface area contributed by atoms with E-state index in [1.807, 2.05) is 0 Å². The third-order valence-electron chi connectivity index (χ3n) is 0.682. The van der Waals surface area contributed by atoms with Crippen LogP contribution in [0.25, 0.3) is 0 Å². The predicted molar refractivity (Wildman–Crippen MR) is 30.3 cm³/mol. The Labute approximate surface area is 52.9 Å². The van der Waals surface area contributed by atoms with Crippen LogP contribution in [-0.2, 0) is 4.79 Å². The van der Waals surface area contributed by atoms with Crippen LogP contribution in [0.3, 0.4) is 0 Å². The smallest absolute Gasteiger partial charge is 0.224 e. The number of hydrogen-bond acceptors (Lipinski definition) is 1. The zero-order valence-corrected chi connectivity index (χ0v) is 4.83. The van der Waals surface area contributed by atoms with Crippen LogP contribution in [0.15, 0.2) is 0 Å². The molecule has 0 aromatic rings. The Morgan fingerprint density at radius 1 is 2.14 bits per heavy atom. The highest BCUT2D eigenvalue weighted by atomic mass is 35.5. The van der Waals surface area contributed by atoms with Gasteiger partial charge in [0.25, 0.3) is 0 Å². The summed E-state index contributed by atoms with van der Waals surface area (Å²) in [5.74, 6) is -1.01. The minimum Gasteiger partial charge on any atom is -0.281 e. The maximum absolute atomic E-state index is 10.4. The Hall–Kier alpha value is -0.0400. The Balaban J connectivity index is 4.22. The molecule has 0 aliphatic carbocycles. The van der Waals surface area contributed by atoms with Gasteiger partial charge in [0.05, 0.1) is 0 Å². The lowest BCUT2D eigenvalue weighted by Crippen LogP contribution is -1.99. The average Bonchev–Trinajstić information content (AvgIpc) is 1.60. The number of carbonyl (C=O) groups excluding carboxylic acids is 1. The molecule has 42 valence electrons. The molecular formula is C5H9ClO. The number of halogens is 1. The van der Waals surface area contributed by atoms with Crippen molar-refractivity contribution in [2.45, 2.75) is 20.2 Å². The summed E-state index contributed by atoms with van der Waals surface area (Å²) in [6.45, 7) is -0.620. The zero-order chi connectivity index (χ0) is 8.36. The molecule has 1 atom stereocenters. The third-order valence-corrected chi connectivity index (χ3v) is 0.946. The van der Waals surface area contributed by atoms with Crippen LogP contribution in [0.5, 0.6) is 0 Å². The Kier molecular flexibility index (Phi) is 1.33. The van der Waals surface area contributed by atoms with E-state index in [0.717, 1.165) is 0 Å². The first kappa shape index (κ1) is 3.08. The fourth-order valence-corrected chi connectivity index (χ4v) is 0.315. The Morgan fingerprint density at radius 2 is 2.71 bits per heavy atom. The fraction of sp³-hybridized carbons (Fsp3) is 0.800. The van der Waals surface area contributed by atoms with Gasteiger partial charge in [-0.15, -0.1) is 0 Å². The van der Waals surface area contributed by atoms with Gasteiger partial charge in [-0.05, 0) is 18.0 Å². The zero-order valence-electron chi connectivity index (χ0n) is 7.07. The summed E-state index contributed by atoms with van der Waals surface area (Å²) < 4.78 is 20.5. The molecule has 0 fully saturated rings. The molecule has 0 heterocycles. The van der Waals surface area contributed by atoms with Crippen LogP contribution in [0.4, 0.5) is 0 Å². The van der Waals surface area contributed by atoms with Crippen LogP contribution >= 0.6 is 11.6 Å². The van der Waals surface area contributed by atoms with E-state index < -0.39 is 18.0 Å². The SMILES string of the molecule is [2H]C([2H])([2H])[C@@H](CC)C(=O)Cl. The van der Waals surface area contributed by atoms with Crippen LogP contribution in [0.2, 0.25) is 0 Å². The lowest BCUT2D eigenvalue weighted by Gasteiger charge is -1.95. The summed E-state index contributed by atoms with van der Waals surface area (Å²) in [6.07, 6.45) is 0.263. The van der Waals surface area contributed by atoms with E-state index in [1.165, 1.54) is 0 Å². The largest absolute Gasteiger partial charge is 0.281 e. The molecule has 0 aromatic heterocycles. The maximum atomic E-state index is 10.4. The van der Waals surface area contributed by atoms with Crippen molar-refractivity contribution >= 4 is 16.8 Å². The molecule has 7 heavy (non-hydrogen) atoms. The summed E-state index contributed by atoms with van der Waals surface area (Å²) in [5.41, 5.74) is 0. The van der Waals surface area contributed by atoms with E-state index >= 15 is 0 Å². The van der Waals surface area contributed by atoms with Gasteiger partial charge < -0.3 is 0 Å². The standard InChI is InChI=1S/C5H9ClO/c1-3-4(2)5(6)7/h4H,3H2,1-2H3/t4-/m0/s1/i2D3. The van der Waals surface area contributed by atoms with Crippen molar-refractivity contribution < 1.29 is 8.91 Å². The molecule has 0 amide bonds. The van der Waals surface area contributed by atoms with Gasteiger partial charge in [-0.2, -0.15) is 0 Å². The first-order chi connectivity index (χ1) is 4.39. The van der Waals surface area contributed by atoms with Crippen LogP contribution in [-0.4, -0.2) is 5.24 Å². The molecule has 0 aromatic carbocycles. The van der Waals surface area contributed by atoms with Gasteiger partial charge in [-0.3, -0.25) is 4.79 Å². The van der Waals surface area contributed by atoms with Crippen molar-refractivity contribution in [2.75, 3.05) is 0 Å². The molecule has 0 bridgehead atoms. The van der Waals surface area contributed by atoms with Crippen molar-refractivity contribution in [1.29, 1.82) is 0 Å². The second-order valence-corrected chi connectivity index (χ2v) is 1.64. The lowest BCUT2D eigenvalue weighted by atomic mass is 10.1. The van der Waals surface area contributed by atoms with Gasteiger partial charge in [-0.1, -0.05) is 13.8 Å². The summed E-state index contributed by atoms with van der Waals surface area (Å²) in [4.78, 5) is 10.4. The van der Waals surface area contributed by atoms with Gasteiger partial charge in [0.15, 0.2) is 0 Å². The summed E-state index contributed by atoms with van der Waals surface area (Å²) in [5, 5.41) is -0.775.